The van der Waals surface area contributed by atoms with E-state index in [-0.39, 0.29) is 0 Å². The third-order valence-corrected chi connectivity index (χ3v) is 1.69. The predicted molar refractivity (Wildman–Crippen MR) is 42.6 cm³/mol. The zero-order valence-corrected chi connectivity index (χ0v) is 6.43. The van der Waals surface area contributed by atoms with Crippen molar-refractivity contribution >= 4 is 5.84 Å². The van der Waals surface area contributed by atoms with Gasteiger partial charge in [0.25, 0.3) is 0 Å². The standard InChI is InChI=1S/C7H15N3/c1-2-9-7(10-8)5-6-3-4-6/h6H,2-5,8H2,1H3,(H,9,10). The second-order valence-electron chi connectivity index (χ2n) is 2.71. The number of hydrogen-bond donors (Lipinski definition) is 2. The van der Waals surface area contributed by atoms with Crippen LogP contribution >= 0.6 is 0 Å². The van der Waals surface area contributed by atoms with E-state index in [1.807, 2.05) is 6.92 Å². The zero-order valence-electron chi connectivity index (χ0n) is 6.43. The van der Waals surface area contributed by atoms with Gasteiger partial charge in [-0.25, -0.2) is 5.84 Å². The summed E-state index contributed by atoms with van der Waals surface area (Å²) < 4.78 is 0. The molecule has 0 aromatic carbocycles. The van der Waals surface area contributed by atoms with Crippen molar-refractivity contribution in [1.82, 2.24) is 5.43 Å². The van der Waals surface area contributed by atoms with Crippen molar-refractivity contribution in [3.05, 3.63) is 0 Å². The molecule has 10 heavy (non-hydrogen) atoms. The topological polar surface area (TPSA) is 50.4 Å². The number of amidine groups is 1. The molecule has 1 rings (SSSR count). The summed E-state index contributed by atoms with van der Waals surface area (Å²) >= 11 is 0. The number of nitrogens with two attached hydrogens (primary N) is 1. The van der Waals surface area contributed by atoms with Crippen molar-refractivity contribution in [1.29, 1.82) is 0 Å². The van der Waals surface area contributed by atoms with Crippen molar-refractivity contribution in [2.45, 2.75) is 26.2 Å². The first-order chi connectivity index (χ1) is 4.86. The van der Waals surface area contributed by atoms with Crippen LogP contribution in [-0.2, 0) is 0 Å². The Morgan fingerprint density at radius 2 is 2.40 bits per heavy atom. The minimum atomic E-state index is 0.826. The van der Waals surface area contributed by atoms with Crippen LogP contribution in [0.2, 0.25) is 0 Å². The molecule has 0 saturated heterocycles. The molecule has 0 spiro atoms. The van der Waals surface area contributed by atoms with Gasteiger partial charge >= 0.3 is 0 Å². The Hall–Kier alpha value is -0.570. The minimum absolute atomic E-state index is 0.826. The van der Waals surface area contributed by atoms with Crippen LogP contribution in [0, 0.1) is 5.92 Å². The van der Waals surface area contributed by atoms with Crippen molar-refractivity contribution < 1.29 is 0 Å². The largest absolute Gasteiger partial charge is 0.312 e. The summed E-state index contributed by atoms with van der Waals surface area (Å²) in [5.41, 5.74) is 2.62. The van der Waals surface area contributed by atoms with Gasteiger partial charge in [0, 0.05) is 13.0 Å². The first-order valence-corrected chi connectivity index (χ1v) is 3.86. The Morgan fingerprint density at radius 3 is 2.80 bits per heavy atom. The molecule has 0 amide bonds. The van der Waals surface area contributed by atoms with Crippen LogP contribution in [0.25, 0.3) is 0 Å². The van der Waals surface area contributed by atoms with Crippen LogP contribution in [0.1, 0.15) is 26.2 Å². The van der Waals surface area contributed by atoms with E-state index in [2.05, 4.69) is 10.4 Å². The highest BCUT2D eigenvalue weighted by atomic mass is 15.2. The van der Waals surface area contributed by atoms with Crippen LogP contribution < -0.4 is 11.3 Å². The molecular formula is C7H15N3. The molecule has 1 aliphatic carbocycles. The van der Waals surface area contributed by atoms with Crippen LogP contribution in [0.15, 0.2) is 4.99 Å². The van der Waals surface area contributed by atoms with Gasteiger partial charge in [0.1, 0.15) is 5.84 Å². The second kappa shape index (κ2) is 3.56. The quantitative estimate of drug-likeness (QED) is 0.263. The molecule has 0 aromatic rings. The fourth-order valence-electron chi connectivity index (χ4n) is 0.955. The third kappa shape index (κ3) is 2.35. The molecule has 3 nitrogen and oxygen atoms in total. The molecule has 3 heteroatoms. The Labute approximate surface area is 61.7 Å². The van der Waals surface area contributed by atoms with Gasteiger partial charge < -0.3 is 5.43 Å². The molecule has 1 aliphatic rings. The van der Waals surface area contributed by atoms with Crippen LogP contribution in [-0.4, -0.2) is 12.4 Å². The highest BCUT2D eigenvalue weighted by molar-refractivity contribution is 5.82. The van der Waals surface area contributed by atoms with E-state index in [0.717, 1.165) is 24.7 Å². The SMILES string of the molecule is CCN=C(CC1CC1)NN. The van der Waals surface area contributed by atoms with E-state index in [9.17, 15) is 0 Å². The van der Waals surface area contributed by atoms with Crippen molar-refractivity contribution in [2.75, 3.05) is 6.54 Å². The van der Waals surface area contributed by atoms with Crippen molar-refractivity contribution in [3.63, 3.8) is 0 Å². The number of hydrazine groups is 1. The lowest BCUT2D eigenvalue weighted by Gasteiger charge is -2.02. The molecule has 0 unspecified atom stereocenters. The summed E-state index contributed by atoms with van der Waals surface area (Å²) in [4.78, 5) is 4.20. The Kier molecular flexibility index (Phi) is 2.68. The zero-order chi connectivity index (χ0) is 7.40. The van der Waals surface area contributed by atoms with Crippen LogP contribution in [0.4, 0.5) is 0 Å². The molecule has 0 bridgehead atoms. The second-order valence-corrected chi connectivity index (χ2v) is 2.71. The van der Waals surface area contributed by atoms with Gasteiger partial charge in [0.15, 0.2) is 0 Å². The smallest absolute Gasteiger partial charge is 0.110 e. The summed E-state index contributed by atoms with van der Waals surface area (Å²) in [5, 5.41) is 0. The normalized spacial score (nSPS) is 19.2. The maximum atomic E-state index is 5.25. The molecule has 58 valence electrons. The Morgan fingerprint density at radius 1 is 1.70 bits per heavy atom. The minimum Gasteiger partial charge on any atom is -0.312 e. The van der Waals surface area contributed by atoms with Gasteiger partial charge in [-0.3, -0.25) is 4.99 Å². The summed E-state index contributed by atoms with van der Waals surface area (Å²) in [6.07, 6.45) is 3.75. The van der Waals surface area contributed by atoms with E-state index >= 15 is 0 Å². The Bertz CT molecular complexity index is 127. The number of hydrogen-bond acceptors (Lipinski definition) is 2. The fraction of sp³-hybridized carbons (Fsp3) is 0.857. The molecule has 3 N–H and O–H groups in total. The maximum Gasteiger partial charge on any atom is 0.110 e. The fourth-order valence-corrected chi connectivity index (χ4v) is 0.955. The van der Waals surface area contributed by atoms with E-state index in [4.69, 9.17) is 5.84 Å². The van der Waals surface area contributed by atoms with Crippen LogP contribution in [0.3, 0.4) is 0 Å². The van der Waals surface area contributed by atoms with E-state index in [1.165, 1.54) is 12.8 Å². The summed E-state index contributed by atoms with van der Waals surface area (Å²) in [6, 6.07) is 0. The molecule has 1 saturated carbocycles. The molecule has 0 radical (unpaired) electrons. The summed E-state index contributed by atoms with van der Waals surface area (Å²) in [5.74, 6) is 7.08. The summed E-state index contributed by atoms with van der Waals surface area (Å²) in [6.45, 7) is 2.84. The highest BCUT2D eigenvalue weighted by Crippen LogP contribution is 2.32. The van der Waals surface area contributed by atoms with Gasteiger partial charge in [-0.15, -0.1) is 0 Å². The van der Waals surface area contributed by atoms with Gasteiger partial charge in [0.05, 0.1) is 0 Å². The van der Waals surface area contributed by atoms with Gasteiger partial charge in [-0.05, 0) is 25.7 Å². The molecule has 0 aromatic heterocycles. The van der Waals surface area contributed by atoms with Crippen LogP contribution in [0.5, 0.6) is 0 Å². The number of nitrogens with one attached hydrogen (secondary N) is 1. The molecular weight excluding hydrogens is 126 g/mol. The highest BCUT2D eigenvalue weighted by Gasteiger charge is 2.22. The van der Waals surface area contributed by atoms with E-state index < -0.39 is 0 Å². The predicted octanol–water partition coefficient (Wildman–Crippen LogP) is 0.668. The number of nitrogens with zero attached hydrogens (tertiary/aromatic N) is 1. The molecule has 0 atom stereocenters. The lowest BCUT2D eigenvalue weighted by molar-refractivity contribution is 0.834. The van der Waals surface area contributed by atoms with E-state index in [0.29, 0.717) is 0 Å². The van der Waals surface area contributed by atoms with Gasteiger partial charge in [0.2, 0.25) is 0 Å². The average Bonchev–Trinajstić information content (AvgIpc) is 2.71. The van der Waals surface area contributed by atoms with E-state index in [1.54, 1.807) is 0 Å². The first kappa shape index (κ1) is 7.54. The summed E-state index contributed by atoms with van der Waals surface area (Å²) in [7, 11) is 0. The lowest BCUT2D eigenvalue weighted by Crippen LogP contribution is -2.30. The maximum absolute atomic E-state index is 5.25. The Balaban J connectivity index is 2.24. The lowest BCUT2D eigenvalue weighted by atomic mass is 10.3. The molecule has 0 aliphatic heterocycles. The number of aliphatic imine (C=N–C) groups is 1. The third-order valence-electron chi connectivity index (χ3n) is 1.69. The first-order valence-electron chi connectivity index (χ1n) is 3.86. The van der Waals surface area contributed by atoms with Crippen molar-refractivity contribution in [2.24, 2.45) is 16.8 Å². The molecule has 1 fully saturated rings. The monoisotopic (exact) mass is 141 g/mol. The molecule has 0 heterocycles. The van der Waals surface area contributed by atoms with Crippen molar-refractivity contribution in [3.8, 4) is 0 Å². The van der Waals surface area contributed by atoms with Gasteiger partial charge in [-0.2, -0.15) is 0 Å². The van der Waals surface area contributed by atoms with Gasteiger partial charge in [-0.1, -0.05) is 0 Å². The average molecular weight is 141 g/mol. The number of rotatable bonds is 3.